The maximum Gasteiger partial charge on any atom is 0.227 e. The van der Waals surface area contributed by atoms with E-state index >= 15 is 0 Å². The molecule has 25 heavy (non-hydrogen) atoms. The first kappa shape index (κ1) is 16.7. The van der Waals surface area contributed by atoms with Crippen molar-refractivity contribution in [3.63, 3.8) is 0 Å². The summed E-state index contributed by atoms with van der Waals surface area (Å²) in [4.78, 5) is 12.3. The van der Waals surface area contributed by atoms with Crippen LogP contribution in [0.25, 0.3) is 0 Å². The van der Waals surface area contributed by atoms with E-state index in [4.69, 9.17) is 23.2 Å². The lowest BCUT2D eigenvalue weighted by atomic mass is 9.64. The van der Waals surface area contributed by atoms with Crippen molar-refractivity contribution in [1.82, 2.24) is 5.32 Å². The van der Waals surface area contributed by atoms with Crippen LogP contribution >= 0.6 is 23.2 Å². The summed E-state index contributed by atoms with van der Waals surface area (Å²) < 4.78 is 0. The summed E-state index contributed by atoms with van der Waals surface area (Å²) in [5.74, 6) is 0.792. The van der Waals surface area contributed by atoms with Crippen molar-refractivity contribution in [3.8, 4) is 0 Å². The fourth-order valence-corrected chi connectivity index (χ4v) is 4.64. The van der Waals surface area contributed by atoms with Crippen molar-refractivity contribution in [3.05, 3.63) is 81.4 Å². The summed E-state index contributed by atoms with van der Waals surface area (Å²) in [6.07, 6.45) is 2.15. The van der Waals surface area contributed by atoms with Crippen LogP contribution in [0.3, 0.4) is 0 Å². The summed E-state index contributed by atoms with van der Waals surface area (Å²) in [7, 11) is 0. The quantitative estimate of drug-likeness (QED) is 0.723. The number of hydrogen-bond acceptors (Lipinski definition) is 1. The average molecular weight is 372 g/mol. The van der Waals surface area contributed by atoms with Gasteiger partial charge in [-0.1, -0.05) is 59.1 Å². The van der Waals surface area contributed by atoms with Crippen LogP contribution in [0.1, 0.15) is 29.9 Å². The maximum absolute atomic E-state index is 12.3. The summed E-state index contributed by atoms with van der Waals surface area (Å²) >= 11 is 12.2. The summed E-state index contributed by atoms with van der Waals surface area (Å²) in [6, 6.07) is 16.1. The van der Waals surface area contributed by atoms with E-state index in [9.17, 15) is 4.79 Å². The Kier molecular flexibility index (Phi) is 4.35. The summed E-state index contributed by atoms with van der Waals surface area (Å²) in [5, 5.41) is 4.51. The van der Waals surface area contributed by atoms with Crippen molar-refractivity contribution in [2.24, 2.45) is 11.8 Å². The van der Waals surface area contributed by atoms with E-state index in [2.05, 4.69) is 42.6 Å². The number of carbonyl (C=O) groups excluding carboxylic acids is 1. The van der Waals surface area contributed by atoms with Crippen molar-refractivity contribution in [2.45, 2.75) is 18.8 Å². The van der Waals surface area contributed by atoms with Gasteiger partial charge >= 0.3 is 0 Å². The molecule has 2 nitrogen and oxygen atoms in total. The first-order valence-electron chi connectivity index (χ1n) is 8.51. The second kappa shape index (κ2) is 6.51. The molecule has 1 N–H and O–H groups in total. The van der Waals surface area contributed by atoms with Crippen LogP contribution in [0.5, 0.6) is 0 Å². The first-order chi connectivity index (χ1) is 12.0. The second-order valence-corrected chi connectivity index (χ2v) is 7.82. The molecule has 1 aliphatic heterocycles. The molecule has 4 heteroatoms. The molecular formula is C21H19Cl2NO. The topological polar surface area (TPSA) is 29.1 Å². The van der Waals surface area contributed by atoms with Crippen LogP contribution in [0.4, 0.5) is 0 Å². The predicted octanol–water partition coefficient (Wildman–Crippen LogP) is 5.18. The number of hydrogen-bond donors (Lipinski definition) is 1. The third kappa shape index (κ3) is 2.98. The molecule has 0 radical (unpaired) electrons. The predicted molar refractivity (Wildman–Crippen MR) is 102 cm³/mol. The molecule has 128 valence electrons. The Bertz CT molecular complexity index is 826. The van der Waals surface area contributed by atoms with Crippen LogP contribution in [0, 0.1) is 11.8 Å². The van der Waals surface area contributed by atoms with Gasteiger partial charge in [0.15, 0.2) is 0 Å². The van der Waals surface area contributed by atoms with Gasteiger partial charge in [0.1, 0.15) is 0 Å². The minimum atomic E-state index is -0.0516. The Morgan fingerprint density at radius 1 is 0.920 bits per heavy atom. The lowest BCUT2D eigenvalue weighted by molar-refractivity contribution is -0.121. The molecular weight excluding hydrogens is 353 g/mol. The Morgan fingerprint density at radius 2 is 1.48 bits per heavy atom. The number of allylic oxidation sites excluding steroid dienone is 1. The maximum atomic E-state index is 12.3. The van der Waals surface area contributed by atoms with Gasteiger partial charge in [0, 0.05) is 28.4 Å². The number of amides is 1. The van der Waals surface area contributed by atoms with E-state index in [1.807, 2.05) is 24.3 Å². The highest BCUT2D eigenvalue weighted by atomic mass is 35.5. The van der Waals surface area contributed by atoms with Gasteiger partial charge in [-0.05, 0) is 48.2 Å². The van der Waals surface area contributed by atoms with Gasteiger partial charge in [-0.25, -0.2) is 0 Å². The van der Waals surface area contributed by atoms with Gasteiger partial charge in [-0.2, -0.15) is 0 Å². The molecule has 4 rings (SSSR count). The third-order valence-electron chi connectivity index (χ3n) is 5.51. The zero-order chi connectivity index (χ0) is 17.6. The van der Waals surface area contributed by atoms with Crippen LogP contribution in [0.2, 0.25) is 10.0 Å². The molecule has 0 spiro atoms. The van der Waals surface area contributed by atoms with Gasteiger partial charge in [0.25, 0.3) is 0 Å². The molecule has 2 aromatic rings. The lowest BCUT2D eigenvalue weighted by Gasteiger charge is -2.38. The second-order valence-electron chi connectivity index (χ2n) is 6.95. The number of rotatable bonds is 2. The minimum absolute atomic E-state index is 0.0516. The first-order valence-corrected chi connectivity index (χ1v) is 9.27. The number of benzene rings is 2. The summed E-state index contributed by atoms with van der Waals surface area (Å²) in [5.41, 5.74) is 3.69. The molecule has 0 aromatic heterocycles. The molecule has 0 bridgehead atoms. The zero-order valence-electron chi connectivity index (χ0n) is 13.9. The Balaban J connectivity index is 1.84. The normalized spacial score (nSPS) is 28.3. The van der Waals surface area contributed by atoms with Gasteiger partial charge in [-0.3, -0.25) is 4.79 Å². The van der Waals surface area contributed by atoms with Crippen molar-refractivity contribution >= 4 is 29.1 Å². The van der Waals surface area contributed by atoms with Gasteiger partial charge < -0.3 is 5.32 Å². The van der Waals surface area contributed by atoms with Crippen molar-refractivity contribution in [2.75, 3.05) is 6.54 Å². The van der Waals surface area contributed by atoms with E-state index in [1.165, 1.54) is 16.7 Å². The molecule has 2 aliphatic rings. The highest BCUT2D eigenvalue weighted by Crippen LogP contribution is 2.51. The Labute approximate surface area is 157 Å². The van der Waals surface area contributed by atoms with E-state index in [0.717, 1.165) is 10.0 Å². The van der Waals surface area contributed by atoms with Gasteiger partial charge in [0.05, 0.1) is 5.92 Å². The van der Waals surface area contributed by atoms with Crippen LogP contribution in [-0.2, 0) is 4.79 Å². The fraction of sp³-hybridized carbons (Fsp3) is 0.286. The van der Waals surface area contributed by atoms with Crippen molar-refractivity contribution < 1.29 is 4.79 Å². The zero-order valence-corrected chi connectivity index (χ0v) is 15.4. The molecule has 1 fully saturated rings. The van der Waals surface area contributed by atoms with Crippen LogP contribution < -0.4 is 5.32 Å². The van der Waals surface area contributed by atoms with Gasteiger partial charge in [0.2, 0.25) is 5.91 Å². The van der Waals surface area contributed by atoms with E-state index in [-0.39, 0.29) is 29.6 Å². The van der Waals surface area contributed by atoms with E-state index in [0.29, 0.717) is 6.54 Å². The molecule has 0 unspecified atom stereocenters. The molecule has 1 aliphatic carbocycles. The monoisotopic (exact) mass is 371 g/mol. The Hall–Kier alpha value is -1.77. The van der Waals surface area contributed by atoms with Gasteiger partial charge in [-0.15, -0.1) is 0 Å². The number of carbonyl (C=O) groups is 1. The highest BCUT2D eigenvalue weighted by Gasteiger charge is 2.46. The molecule has 4 atom stereocenters. The number of nitrogens with one attached hydrogen (secondary N) is 1. The molecule has 2 aromatic carbocycles. The number of halogens is 2. The standard InChI is InChI=1S/C21H19Cl2NO/c1-12-10-17-18(11-24-21(17)25)20(14-4-8-16(23)9-5-14)19(12)13-2-6-15(22)7-3-13/h2-10,17-20H,11H2,1H3,(H,24,25)/t17-,18-,19+,20-/m1/s1. The fourth-order valence-electron chi connectivity index (χ4n) is 4.39. The highest BCUT2D eigenvalue weighted by molar-refractivity contribution is 6.30. The lowest BCUT2D eigenvalue weighted by Crippen LogP contribution is -2.31. The van der Waals surface area contributed by atoms with Crippen molar-refractivity contribution in [1.29, 1.82) is 0 Å². The molecule has 0 saturated carbocycles. The SMILES string of the molecule is CC1=C[C@H]2C(=O)NC[C@H]2[C@@H](c2ccc(Cl)cc2)[C@@H]1c1ccc(Cl)cc1. The van der Waals surface area contributed by atoms with E-state index in [1.54, 1.807) is 0 Å². The summed E-state index contributed by atoms with van der Waals surface area (Å²) in [6.45, 7) is 2.84. The van der Waals surface area contributed by atoms with E-state index < -0.39 is 0 Å². The number of fused-ring (bicyclic) bond motifs is 1. The van der Waals surface area contributed by atoms with Crippen LogP contribution in [0.15, 0.2) is 60.2 Å². The Morgan fingerprint density at radius 3 is 2.08 bits per heavy atom. The molecule has 1 saturated heterocycles. The third-order valence-corrected chi connectivity index (χ3v) is 6.02. The molecule has 1 heterocycles. The van der Waals surface area contributed by atoms with Crippen LogP contribution in [-0.4, -0.2) is 12.5 Å². The molecule has 1 amide bonds. The average Bonchev–Trinajstić information content (AvgIpc) is 2.96. The smallest absolute Gasteiger partial charge is 0.227 e. The largest absolute Gasteiger partial charge is 0.355 e. The minimum Gasteiger partial charge on any atom is -0.355 e.